The number of halogens is 1. The summed E-state index contributed by atoms with van der Waals surface area (Å²) in [4.78, 5) is 13.3. The van der Waals surface area contributed by atoms with Crippen molar-refractivity contribution in [1.29, 1.82) is 0 Å². The van der Waals surface area contributed by atoms with E-state index in [4.69, 9.17) is 0 Å². The van der Waals surface area contributed by atoms with Crippen molar-refractivity contribution in [2.45, 2.75) is 19.3 Å². The number of nitrogens with zero attached hydrogens (tertiary/aromatic N) is 1. The molecule has 0 unspecified atom stereocenters. The first-order valence-electron chi connectivity index (χ1n) is 5.73. The molecule has 0 saturated carbocycles. The topological polar surface area (TPSA) is 20.3 Å². The van der Waals surface area contributed by atoms with Gasteiger partial charge in [-0.2, -0.15) is 0 Å². The molecule has 1 aliphatic rings. The number of hydrogen-bond acceptors (Lipinski definition) is 2. The van der Waals surface area contributed by atoms with Crippen molar-refractivity contribution in [2.24, 2.45) is 0 Å². The van der Waals surface area contributed by atoms with Crippen LogP contribution >= 0.6 is 0 Å². The fraction of sp³-hybridized carbons (Fsp3) is 0.462. The van der Waals surface area contributed by atoms with Gasteiger partial charge in [0.2, 0.25) is 0 Å². The van der Waals surface area contributed by atoms with Gasteiger partial charge in [-0.1, -0.05) is 18.2 Å². The Hall–Kier alpha value is -1.22. The van der Waals surface area contributed by atoms with Crippen LogP contribution in [0.1, 0.15) is 18.4 Å². The number of carbonyl (C=O) groups is 1. The van der Waals surface area contributed by atoms with E-state index in [-0.39, 0.29) is 5.82 Å². The standard InChI is InChI=1S/C13H16FNO/c14-13-6-2-1-4-11(13)7-9-15-8-3-5-12(16)10-15/h1-2,4,6H,3,5,7-10H2. The van der Waals surface area contributed by atoms with Gasteiger partial charge >= 0.3 is 0 Å². The summed E-state index contributed by atoms with van der Waals surface area (Å²) in [6, 6.07) is 6.83. The summed E-state index contributed by atoms with van der Waals surface area (Å²) < 4.78 is 13.3. The molecule has 0 atom stereocenters. The Morgan fingerprint density at radius 3 is 2.88 bits per heavy atom. The normalized spacial score (nSPS) is 17.7. The molecule has 1 aromatic rings. The maximum atomic E-state index is 13.3. The van der Waals surface area contributed by atoms with Crippen LogP contribution in [-0.2, 0) is 11.2 Å². The van der Waals surface area contributed by atoms with E-state index in [1.165, 1.54) is 6.07 Å². The molecule has 2 nitrogen and oxygen atoms in total. The molecule has 1 fully saturated rings. The van der Waals surface area contributed by atoms with Gasteiger partial charge < -0.3 is 0 Å². The minimum atomic E-state index is -0.147. The Bertz CT molecular complexity index is 378. The van der Waals surface area contributed by atoms with Gasteiger partial charge in [-0.05, 0) is 31.0 Å². The Balaban J connectivity index is 1.87. The lowest BCUT2D eigenvalue weighted by molar-refractivity contribution is -0.122. The van der Waals surface area contributed by atoms with Crippen molar-refractivity contribution in [3.05, 3.63) is 35.6 Å². The smallest absolute Gasteiger partial charge is 0.146 e. The van der Waals surface area contributed by atoms with E-state index in [9.17, 15) is 9.18 Å². The third-order valence-electron chi connectivity index (χ3n) is 2.99. The summed E-state index contributed by atoms with van der Waals surface area (Å²) in [7, 11) is 0. The molecule has 0 radical (unpaired) electrons. The summed E-state index contributed by atoms with van der Waals surface area (Å²) in [5, 5.41) is 0. The zero-order valence-electron chi connectivity index (χ0n) is 9.29. The van der Waals surface area contributed by atoms with E-state index in [1.54, 1.807) is 12.1 Å². The van der Waals surface area contributed by atoms with E-state index in [0.29, 0.717) is 25.2 Å². The molecule has 0 amide bonds. The Morgan fingerprint density at radius 1 is 1.31 bits per heavy atom. The third kappa shape index (κ3) is 2.89. The van der Waals surface area contributed by atoms with Gasteiger partial charge in [0, 0.05) is 13.0 Å². The van der Waals surface area contributed by atoms with Crippen LogP contribution in [0.25, 0.3) is 0 Å². The summed E-state index contributed by atoms with van der Waals surface area (Å²) >= 11 is 0. The number of carbonyl (C=O) groups excluding carboxylic acids is 1. The maximum absolute atomic E-state index is 13.3. The fourth-order valence-electron chi connectivity index (χ4n) is 2.08. The summed E-state index contributed by atoms with van der Waals surface area (Å²) in [5.74, 6) is 0.158. The number of piperidine rings is 1. The van der Waals surface area contributed by atoms with Crippen molar-refractivity contribution < 1.29 is 9.18 Å². The molecule has 86 valence electrons. The first kappa shape index (κ1) is 11.3. The molecular weight excluding hydrogens is 205 g/mol. The Morgan fingerprint density at radius 2 is 2.12 bits per heavy atom. The van der Waals surface area contributed by atoms with Crippen molar-refractivity contribution in [1.82, 2.24) is 4.90 Å². The molecule has 16 heavy (non-hydrogen) atoms. The van der Waals surface area contributed by atoms with Crippen LogP contribution in [-0.4, -0.2) is 30.3 Å². The van der Waals surface area contributed by atoms with E-state index < -0.39 is 0 Å². The van der Waals surface area contributed by atoms with Gasteiger partial charge in [-0.25, -0.2) is 4.39 Å². The molecule has 2 rings (SSSR count). The predicted molar refractivity (Wildman–Crippen MR) is 60.8 cm³/mol. The van der Waals surface area contributed by atoms with E-state index in [1.807, 2.05) is 6.07 Å². The SMILES string of the molecule is O=C1CCCN(CCc2ccccc2F)C1. The number of likely N-dealkylation sites (tertiary alicyclic amines) is 1. The molecule has 0 aliphatic carbocycles. The van der Waals surface area contributed by atoms with E-state index in [0.717, 1.165) is 25.1 Å². The molecule has 0 spiro atoms. The van der Waals surface area contributed by atoms with Crippen molar-refractivity contribution in [2.75, 3.05) is 19.6 Å². The zero-order chi connectivity index (χ0) is 11.4. The van der Waals surface area contributed by atoms with Crippen LogP contribution in [0.2, 0.25) is 0 Å². The molecule has 3 heteroatoms. The summed E-state index contributed by atoms with van der Waals surface area (Å²) in [6.45, 7) is 2.27. The first-order chi connectivity index (χ1) is 7.75. The second-order valence-corrected chi connectivity index (χ2v) is 4.26. The summed E-state index contributed by atoms with van der Waals surface area (Å²) in [6.07, 6.45) is 2.33. The fourth-order valence-corrected chi connectivity index (χ4v) is 2.08. The van der Waals surface area contributed by atoms with Crippen molar-refractivity contribution >= 4 is 5.78 Å². The van der Waals surface area contributed by atoms with Gasteiger partial charge in [0.1, 0.15) is 11.6 Å². The van der Waals surface area contributed by atoms with Crippen molar-refractivity contribution in [3.63, 3.8) is 0 Å². The van der Waals surface area contributed by atoms with Gasteiger partial charge in [0.25, 0.3) is 0 Å². The first-order valence-corrected chi connectivity index (χ1v) is 5.73. The largest absolute Gasteiger partial charge is 0.298 e. The van der Waals surface area contributed by atoms with Gasteiger partial charge in [-0.15, -0.1) is 0 Å². The molecule has 1 aromatic carbocycles. The van der Waals surface area contributed by atoms with E-state index >= 15 is 0 Å². The molecule has 1 aliphatic heterocycles. The lowest BCUT2D eigenvalue weighted by Crippen LogP contribution is -2.36. The molecular formula is C13H16FNO. The third-order valence-corrected chi connectivity index (χ3v) is 2.99. The lowest BCUT2D eigenvalue weighted by Gasteiger charge is -2.25. The quantitative estimate of drug-likeness (QED) is 0.778. The highest BCUT2D eigenvalue weighted by molar-refractivity contribution is 5.81. The molecule has 0 aromatic heterocycles. The minimum absolute atomic E-state index is 0.147. The van der Waals surface area contributed by atoms with E-state index in [2.05, 4.69) is 4.90 Å². The average Bonchev–Trinajstić information content (AvgIpc) is 2.28. The number of Topliss-reactive ketones (excluding diaryl/α,β-unsaturated/α-hetero) is 1. The minimum Gasteiger partial charge on any atom is -0.298 e. The van der Waals surface area contributed by atoms with Crippen LogP contribution in [0.4, 0.5) is 4.39 Å². The second kappa shape index (κ2) is 5.21. The average molecular weight is 221 g/mol. The Kier molecular flexibility index (Phi) is 3.67. The highest BCUT2D eigenvalue weighted by atomic mass is 19.1. The predicted octanol–water partition coefficient (Wildman–Crippen LogP) is 2.03. The number of hydrogen-bond donors (Lipinski definition) is 0. The monoisotopic (exact) mass is 221 g/mol. The van der Waals surface area contributed by atoms with Crippen LogP contribution in [0.5, 0.6) is 0 Å². The molecule has 0 bridgehead atoms. The highest BCUT2D eigenvalue weighted by Gasteiger charge is 2.16. The lowest BCUT2D eigenvalue weighted by atomic mass is 10.1. The van der Waals surface area contributed by atoms with Gasteiger partial charge in [-0.3, -0.25) is 9.69 Å². The van der Waals surface area contributed by atoms with Crippen LogP contribution in [0.15, 0.2) is 24.3 Å². The Labute approximate surface area is 95.1 Å². The molecule has 1 saturated heterocycles. The van der Waals surface area contributed by atoms with Gasteiger partial charge in [0.15, 0.2) is 0 Å². The number of benzene rings is 1. The zero-order valence-corrected chi connectivity index (χ0v) is 9.29. The number of ketones is 1. The van der Waals surface area contributed by atoms with Gasteiger partial charge in [0.05, 0.1) is 6.54 Å². The molecule has 0 N–H and O–H groups in total. The highest BCUT2D eigenvalue weighted by Crippen LogP contribution is 2.10. The summed E-state index contributed by atoms with van der Waals surface area (Å²) in [5.41, 5.74) is 0.737. The van der Waals surface area contributed by atoms with Crippen LogP contribution < -0.4 is 0 Å². The maximum Gasteiger partial charge on any atom is 0.146 e. The van der Waals surface area contributed by atoms with Crippen LogP contribution in [0.3, 0.4) is 0 Å². The molecule has 1 heterocycles. The van der Waals surface area contributed by atoms with Crippen LogP contribution in [0, 0.1) is 5.82 Å². The second-order valence-electron chi connectivity index (χ2n) is 4.26. The van der Waals surface area contributed by atoms with Crippen molar-refractivity contribution in [3.8, 4) is 0 Å². The number of rotatable bonds is 3.